The maximum Gasteiger partial charge on any atom is 0.125 e. The number of aromatic nitrogens is 3. The van der Waals surface area contributed by atoms with E-state index in [1.165, 1.54) is 0 Å². The Morgan fingerprint density at radius 2 is 2.00 bits per heavy atom. The smallest absolute Gasteiger partial charge is 0.125 e. The monoisotopic (exact) mass is 286 g/mol. The molecule has 2 rings (SSSR count). The van der Waals surface area contributed by atoms with E-state index in [9.17, 15) is 5.11 Å². The Labute approximate surface area is 125 Å². The van der Waals surface area contributed by atoms with Gasteiger partial charge in [-0.25, -0.2) is 9.97 Å². The number of pyridine rings is 1. The van der Waals surface area contributed by atoms with Gasteiger partial charge in [0.05, 0.1) is 18.0 Å². The van der Waals surface area contributed by atoms with Gasteiger partial charge in [0.15, 0.2) is 0 Å². The molecule has 0 saturated heterocycles. The van der Waals surface area contributed by atoms with E-state index in [1.807, 2.05) is 39.1 Å². The third-order valence-corrected chi connectivity index (χ3v) is 3.75. The van der Waals surface area contributed by atoms with Gasteiger partial charge in [-0.15, -0.1) is 0 Å². The third kappa shape index (κ3) is 3.62. The SMILES string of the molecule is Cc1nc(C)c(CO)c(CN(C)[C@@H](C)c2ccccn2)n1. The Balaban J connectivity index is 2.21. The fourth-order valence-corrected chi connectivity index (χ4v) is 2.37. The van der Waals surface area contributed by atoms with Crippen molar-refractivity contribution in [1.29, 1.82) is 0 Å². The molecule has 5 heteroatoms. The van der Waals surface area contributed by atoms with Crippen LogP contribution in [-0.4, -0.2) is 32.0 Å². The number of hydrogen-bond donors (Lipinski definition) is 1. The summed E-state index contributed by atoms with van der Waals surface area (Å²) in [5.74, 6) is 0.735. The van der Waals surface area contributed by atoms with E-state index in [4.69, 9.17) is 0 Å². The molecular formula is C16H22N4O. The van der Waals surface area contributed by atoms with Crippen molar-refractivity contribution in [2.24, 2.45) is 0 Å². The number of aryl methyl sites for hydroxylation is 2. The van der Waals surface area contributed by atoms with Crippen LogP contribution in [0.15, 0.2) is 24.4 Å². The zero-order valence-electron chi connectivity index (χ0n) is 13.0. The first kappa shape index (κ1) is 15.5. The molecule has 0 aliphatic heterocycles. The summed E-state index contributed by atoms with van der Waals surface area (Å²) < 4.78 is 0. The second-order valence-corrected chi connectivity index (χ2v) is 5.29. The van der Waals surface area contributed by atoms with Gasteiger partial charge in [0.25, 0.3) is 0 Å². The third-order valence-electron chi connectivity index (χ3n) is 3.75. The molecule has 0 aliphatic rings. The van der Waals surface area contributed by atoms with Crippen molar-refractivity contribution in [2.75, 3.05) is 7.05 Å². The van der Waals surface area contributed by atoms with Crippen molar-refractivity contribution in [2.45, 2.75) is 40.0 Å². The molecule has 0 fully saturated rings. The standard InChI is InChI=1S/C16H22N4O/c1-11-14(10-21)16(19-13(3)18-11)9-20(4)12(2)15-7-5-6-8-17-15/h5-8,12,21H,9-10H2,1-4H3/t12-/m0/s1. The van der Waals surface area contributed by atoms with E-state index in [1.54, 1.807) is 6.20 Å². The molecule has 0 amide bonds. The van der Waals surface area contributed by atoms with Gasteiger partial charge in [-0.05, 0) is 40.0 Å². The Morgan fingerprint density at radius 3 is 2.62 bits per heavy atom. The van der Waals surface area contributed by atoms with Crippen LogP contribution in [0, 0.1) is 13.8 Å². The summed E-state index contributed by atoms with van der Waals surface area (Å²) in [5, 5.41) is 9.55. The van der Waals surface area contributed by atoms with E-state index in [0.717, 1.165) is 28.5 Å². The molecular weight excluding hydrogens is 264 g/mol. The van der Waals surface area contributed by atoms with Gasteiger partial charge in [0.2, 0.25) is 0 Å². The highest BCUT2D eigenvalue weighted by Crippen LogP contribution is 2.20. The van der Waals surface area contributed by atoms with Crippen molar-refractivity contribution < 1.29 is 5.11 Å². The number of aliphatic hydroxyl groups is 1. The second kappa shape index (κ2) is 6.74. The van der Waals surface area contributed by atoms with Crippen molar-refractivity contribution in [3.63, 3.8) is 0 Å². The number of aliphatic hydroxyl groups excluding tert-OH is 1. The van der Waals surface area contributed by atoms with Crippen LogP contribution >= 0.6 is 0 Å². The van der Waals surface area contributed by atoms with Crippen molar-refractivity contribution >= 4 is 0 Å². The second-order valence-electron chi connectivity index (χ2n) is 5.29. The Morgan fingerprint density at radius 1 is 1.24 bits per heavy atom. The summed E-state index contributed by atoms with van der Waals surface area (Å²) in [6.45, 7) is 6.51. The van der Waals surface area contributed by atoms with Crippen LogP contribution in [0.4, 0.5) is 0 Å². The minimum atomic E-state index is -0.0345. The van der Waals surface area contributed by atoms with Gasteiger partial charge >= 0.3 is 0 Å². The Kier molecular flexibility index (Phi) is 4.98. The molecule has 2 aromatic rings. The lowest BCUT2D eigenvalue weighted by molar-refractivity contribution is 0.237. The van der Waals surface area contributed by atoms with Crippen LogP contribution in [0.25, 0.3) is 0 Å². The fourth-order valence-electron chi connectivity index (χ4n) is 2.37. The summed E-state index contributed by atoms with van der Waals surface area (Å²) in [7, 11) is 2.03. The zero-order valence-corrected chi connectivity index (χ0v) is 13.0. The molecule has 0 bridgehead atoms. The molecule has 0 radical (unpaired) electrons. The zero-order chi connectivity index (χ0) is 15.4. The molecule has 5 nitrogen and oxygen atoms in total. The van der Waals surface area contributed by atoms with Gasteiger partial charge < -0.3 is 5.11 Å². The van der Waals surface area contributed by atoms with E-state index >= 15 is 0 Å². The summed E-state index contributed by atoms with van der Waals surface area (Å²) in [6, 6.07) is 6.10. The lowest BCUT2D eigenvalue weighted by Crippen LogP contribution is -2.24. The summed E-state index contributed by atoms with van der Waals surface area (Å²) >= 11 is 0. The first-order valence-electron chi connectivity index (χ1n) is 7.08. The van der Waals surface area contributed by atoms with Gasteiger partial charge in [0, 0.05) is 30.0 Å². The molecule has 2 heterocycles. The summed E-state index contributed by atoms with van der Waals surface area (Å²) in [4.78, 5) is 15.4. The summed E-state index contributed by atoms with van der Waals surface area (Å²) in [6.07, 6.45) is 1.80. The van der Waals surface area contributed by atoms with Crippen LogP contribution in [0.5, 0.6) is 0 Å². The molecule has 0 spiro atoms. The van der Waals surface area contributed by atoms with Gasteiger partial charge in [0.1, 0.15) is 5.82 Å². The van der Waals surface area contributed by atoms with Gasteiger partial charge in [-0.3, -0.25) is 9.88 Å². The molecule has 0 unspecified atom stereocenters. The lowest BCUT2D eigenvalue weighted by atomic mass is 10.1. The van der Waals surface area contributed by atoms with Crippen LogP contribution in [-0.2, 0) is 13.2 Å². The molecule has 2 aromatic heterocycles. The predicted octanol–water partition coefficient (Wildman–Crippen LogP) is 2.17. The first-order chi connectivity index (χ1) is 10.0. The van der Waals surface area contributed by atoms with Crippen LogP contribution in [0.1, 0.15) is 41.4 Å². The topological polar surface area (TPSA) is 62.1 Å². The summed E-state index contributed by atoms with van der Waals surface area (Å²) in [5.41, 5.74) is 3.57. The highest BCUT2D eigenvalue weighted by molar-refractivity contribution is 5.24. The molecule has 0 aromatic carbocycles. The quantitative estimate of drug-likeness (QED) is 0.912. The van der Waals surface area contributed by atoms with Crippen molar-refractivity contribution in [3.05, 3.63) is 52.9 Å². The number of rotatable bonds is 5. The highest BCUT2D eigenvalue weighted by atomic mass is 16.3. The number of nitrogens with zero attached hydrogens (tertiary/aromatic N) is 4. The molecule has 1 N–H and O–H groups in total. The predicted molar refractivity (Wildman–Crippen MR) is 81.5 cm³/mol. The normalized spacial score (nSPS) is 12.7. The molecule has 21 heavy (non-hydrogen) atoms. The van der Waals surface area contributed by atoms with E-state index < -0.39 is 0 Å². The molecule has 1 atom stereocenters. The van der Waals surface area contributed by atoms with E-state index in [-0.39, 0.29) is 12.6 Å². The average Bonchev–Trinajstić information content (AvgIpc) is 2.47. The van der Waals surface area contributed by atoms with Crippen LogP contribution in [0.2, 0.25) is 0 Å². The van der Waals surface area contributed by atoms with E-state index in [2.05, 4.69) is 26.8 Å². The average molecular weight is 286 g/mol. The highest BCUT2D eigenvalue weighted by Gasteiger charge is 2.17. The number of hydrogen-bond acceptors (Lipinski definition) is 5. The largest absolute Gasteiger partial charge is 0.392 e. The Hall–Kier alpha value is -1.85. The lowest BCUT2D eigenvalue weighted by Gasteiger charge is -2.25. The first-order valence-corrected chi connectivity index (χ1v) is 7.08. The minimum Gasteiger partial charge on any atom is -0.392 e. The van der Waals surface area contributed by atoms with Gasteiger partial charge in [-0.1, -0.05) is 6.07 Å². The van der Waals surface area contributed by atoms with Crippen LogP contribution in [0.3, 0.4) is 0 Å². The molecule has 0 saturated carbocycles. The van der Waals surface area contributed by atoms with Crippen molar-refractivity contribution in [3.8, 4) is 0 Å². The molecule has 0 aliphatic carbocycles. The minimum absolute atomic E-state index is 0.0345. The van der Waals surface area contributed by atoms with E-state index in [0.29, 0.717) is 6.54 Å². The van der Waals surface area contributed by atoms with Crippen LogP contribution < -0.4 is 0 Å². The van der Waals surface area contributed by atoms with Gasteiger partial charge in [-0.2, -0.15) is 0 Å². The fraction of sp³-hybridized carbons (Fsp3) is 0.438. The van der Waals surface area contributed by atoms with Crippen molar-refractivity contribution in [1.82, 2.24) is 19.9 Å². The maximum absolute atomic E-state index is 9.55. The molecule has 112 valence electrons. The Bertz CT molecular complexity index is 601. The maximum atomic E-state index is 9.55.